The second-order valence-electron chi connectivity index (χ2n) is 7.59. The van der Waals surface area contributed by atoms with Crippen LogP contribution in [0.25, 0.3) is 0 Å². The summed E-state index contributed by atoms with van der Waals surface area (Å²) in [6, 6.07) is 12.7. The molecule has 3 amide bonds. The van der Waals surface area contributed by atoms with Gasteiger partial charge in [0.1, 0.15) is 6.04 Å². The number of benzene rings is 1. The van der Waals surface area contributed by atoms with Crippen molar-refractivity contribution in [3.63, 3.8) is 0 Å². The zero-order valence-electron chi connectivity index (χ0n) is 16.3. The molecule has 1 aromatic heterocycles. The number of nitrogens with zero attached hydrogens (tertiary/aromatic N) is 2. The number of thiophene rings is 1. The van der Waals surface area contributed by atoms with Crippen LogP contribution in [0.1, 0.15) is 35.4 Å². The highest BCUT2D eigenvalue weighted by molar-refractivity contribution is 7.12. The molecule has 2 aromatic rings. The lowest BCUT2D eigenvalue weighted by Crippen LogP contribution is -2.50. The van der Waals surface area contributed by atoms with E-state index in [0.717, 1.165) is 12.1 Å². The molecule has 152 valence electrons. The maximum absolute atomic E-state index is 13.1. The van der Waals surface area contributed by atoms with Gasteiger partial charge in [0.15, 0.2) is 0 Å². The summed E-state index contributed by atoms with van der Waals surface area (Å²) in [5.41, 5.74) is 0.796. The van der Waals surface area contributed by atoms with Gasteiger partial charge in [-0.25, -0.2) is 0 Å². The lowest BCUT2D eigenvalue weighted by Gasteiger charge is -2.35. The normalized spacial score (nSPS) is 19.9. The van der Waals surface area contributed by atoms with Crippen LogP contribution in [-0.2, 0) is 9.59 Å². The number of carbonyl (C=O) groups excluding carboxylic acids is 3. The fourth-order valence-corrected chi connectivity index (χ4v) is 4.83. The number of hydrogen-bond donors (Lipinski definition) is 1. The van der Waals surface area contributed by atoms with E-state index in [4.69, 9.17) is 0 Å². The number of anilines is 1. The van der Waals surface area contributed by atoms with Crippen LogP contribution in [0.15, 0.2) is 47.8 Å². The van der Waals surface area contributed by atoms with Gasteiger partial charge in [0.2, 0.25) is 11.8 Å². The SMILES string of the molecule is O=C(Nc1ccccc1)C1CCN(C(=O)C2CCCN2C(=O)c2cccs2)CC1. The molecule has 2 aliphatic heterocycles. The quantitative estimate of drug-likeness (QED) is 0.840. The summed E-state index contributed by atoms with van der Waals surface area (Å²) in [6.07, 6.45) is 2.86. The molecule has 7 heteroatoms. The van der Waals surface area contributed by atoms with Gasteiger partial charge in [-0.05, 0) is 49.3 Å². The maximum Gasteiger partial charge on any atom is 0.264 e. The fraction of sp³-hybridized carbons (Fsp3) is 0.409. The Morgan fingerprint density at radius 1 is 0.931 bits per heavy atom. The van der Waals surface area contributed by atoms with Crippen molar-refractivity contribution >= 4 is 34.7 Å². The van der Waals surface area contributed by atoms with E-state index in [2.05, 4.69) is 5.32 Å². The number of rotatable bonds is 4. The Kier molecular flexibility index (Phi) is 5.94. The van der Waals surface area contributed by atoms with E-state index in [1.165, 1.54) is 11.3 Å². The molecule has 1 N–H and O–H groups in total. The molecule has 4 rings (SSSR count). The third-order valence-corrected chi connectivity index (χ3v) is 6.61. The summed E-state index contributed by atoms with van der Waals surface area (Å²) in [6.45, 7) is 1.75. The van der Waals surface area contributed by atoms with E-state index in [1.54, 1.807) is 4.90 Å². The molecule has 0 bridgehead atoms. The first kappa shape index (κ1) is 19.6. The van der Waals surface area contributed by atoms with Crippen molar-refractivity contribution in [2.75, 3.05) is 25.0 Å². The average Bonchev–Trinajstić information content (AvgIpc) is 3.46. The molecule has 0 saturated carbocycles. The van der Waals surface area contributed by atoms with Crippen molar-refractivity contribution in [3.05, 3.63) is 52.7 Å². The van der Waals surface area contributed by atoms with Gasteiger partial charge >= 0.3 is 0 Å². The molecule has 2 aliphatic rings. The Balaban J connectivity index is 1.32. The fourth-order valence-electron chi connectivity index (χ4n) is 4.15. The first-order valence-electron chi connectivity index (χ1n) is 10.1. The third kappa shape index (κ3) is 4.34. The van der Waals surface area contributed by atoms with E-state index in [-0.39, 0.29) is 29.7 Å². The molecule has 1 aromatic carbocycles. The summed E-state index contributed by atoms with van der Waals surface area (Å²) in [5, 5.41) is 4.83. The topological polar surface area (TPSA) is 69.7 Å². The van der Waals surface area contributed by atoms with Crippen molar-refractivity contribution in [1.29, 1.82) is 0 Å². The van der Waals surface area contributed by atoms with Gasteiger partial charge < -0.3 is 15.1 Å². The second kappa shape index (κ2) is 8.78. The van der Waals surface area contributed by atoms with Crippen LogP contribution in [0.5, 0.6) is 0 Å². The summed E-state index contributed by atoms with van der Waals surface area (Å²) in [5.74, 6) is -0.104. The predicted octanol–water partition coefficient (Wildman–Crippen LogP) is 3.23. The summed E-state index contributed by atoms with van der Waals surface area (Å²) >= 11 is 1.41. The average molecular weight is 412 g/mol. The molecule has 0 aliphatic carbocycles. The number of nitrogens with one attached hydrogen (secondary N) is 1. The van der Waals surface area contributed by atoms with Gasteiger partial charge in [-0.3, -0.25) is 14.4 Å². The first-order valence-corrected chi connectivity index (χ1v) is 11.0. The maximum atomic E-state index is 13.1. The molecule has 2 saturated heterocycles. The van der Waals surface area contributed by atoms with E-state index in [1.807, 2.05) is 52.7 Å². The van der Waals surface area contributed by atoms with Crippen LogP contribution in [0.4, 0.5) is 5.69 Å². The number of hydrogen-bond acceptors (Lipinski definition) is 4. The molecule has 0 spiro atoms. The van der Waals surface area contributed by atoms with Gasteiger partial charge in [0, 0.05) is 31.2 Å². The minimum absolute atomic E-state index is 0.0127. The third-order valence-electron chi connectivity index (χ3n) is 5.75. The minimum Gasteiger partial charge on any atom is -0.341 e. The number of para-hydroxylation sites is 1. The zero-order valence-corrected chi connectivity index (χ0v) is 17.1. The molecular formula is C22H25N3O3S. The number of piperidine rings is 1. The van der Waals surface area contributed by atoms with Gasteiger partial charge in [-0.15, -0.1) is 11.3 Å². The standard InChI is InChI=1S/C22H25N3O3S/c26-20(23-17-6-2-1-3-7-17)16-10-13-24(14-11-16)21(27)18-8-4-12-25(18)22(28)19-9-5-15-29-19/h1-3,5-7,9,15-16,18H,4,8,10-14H2,(H,23,26). The van der Waals surface area contributed by atoms with Crippen molar-refractivity contribution in [2.45, 2.75) is 31.7 Å². The highest BCUT2D eigenvalue weighted by atomic mass is 32.1. The number of likely N-dealkylation sites (tertiary alicyclic amines) is 2. The van der Waals surface area contributed by atoms with Crippen LogP contribution < -0.4 is 5.32 Å². The summed E-state index contributed by atoms with van der Waals surface area (Å²) in [7, 11) is 0. The molecule has 0 radical (unpaired) electrons. The highest BCUT2D eigenvalue weighted by Gasteiger charge is 2.38. The van der Waals surface area contributed by atoms with Gasteiger partial charge in [-0.1, -0.05) is 24.3 Å². The van der Waals surface area contributed by atoms with Crippen molar-refractivity contribution < 1.29 is 14.4 Å². The van der Waals surface area contributed by atoms with E-state index in [9.17, 15) is 14.4 Å². The lowest BCUT2D eigenvalue weighted by atomic mass is 9.95. The number of amides is 3. The van der Waals surface area contributed by atoms with E-state index in [0.29, 0.717) is 43.8 Å². The molecule has 1 unspecified atom stereocenters. The number of carbonyl (C=O) groups is 3. The van der Waals surface area contributed by atoms with Crippen LogP contribution >= 0.6 is 11.3 Å². The van der Waals surface area contributed by atoms with Gasteiger partial charge in [0.05, 0.1) is 4.88 Å². The predicted molar refractivity (Wildman–Crippen MR) is 113 cm³/mol. The Bertz CT molecular complexity index is 861. The lowest BCUT2D eigenvalue weighted by molar-refractivity contribution is -0.138. The molecule has 1 atom stereocenters. The minimum atomic E-state index is -0.376. The van der Waals surface area contributed by atoms with Gasteiger partial charge in [-0.2, -0.15) is 0 Å². The second-order valence-corrected chi connectivity index (χ2v) is 8.54. The smallest absolute Gasteiger partial charge is 0.264 e. The van der Waals surface area contributed by atoms with Crippen LogP contribution in [0.3, 0.4) is 0 Å². The van der Waals surface area contributed by atoms with E-state index < -0.39 is 0 Å². The Morgan fingerprint density at radius 3 is 2.38 bits per heavy atom. The van der Waals surface area contributed by atoms with Crippen LogP contribution in [-0.4, -0.2) is 53.2 Å². The monoisotopic (exact) mass is 411 g/mol. The largest absolute Gasteiger partial charge is 0.341 e. The van der Waals surface area contributed by atoms with Crippen molar-refractivity contribution in [2.24, 2.45) is 5.92 Å². The first-order chi connectivity index (χ1) is 14.1. The molecule has 6 nitrogen and oxygen atoms in total. The van der Waals surface area contributed by atoms with Crippen LogP contribution in [0.2, 0.25) is 0 Å². The van der Waals surface area contributed by atoms with Crippen LogP contribution in [0, 0.1) is 5.92 Å². The van der Waals surface area contributed by atoms with E-state index >= 15 is 0 Å². The molecule has 29 heavy (non-hydrogen) atoms. The van der Waals surface area contributed by atoms with Gasteiger partial charge in [0.25, 0.3) is 5.91 Å². The summed E-state index contributed by atoms with van der Waals surface area (Å²) in [4.78, 5) is 42.6. The Hall–Kier alpha value is -2.67. The van der Waals surface area contributed by atoms with Crippen molar-refractivity contribution in [1.82, 2.24) is 9.80 Å². The molecule has 3 heterocycles. The zero-order chi connectivity index (χ0) is 20.2. The Morgan fingerprint density at radius 2 is 1.69 bits per heavy atom. The molecular weight excluding hydrogens is 386 g/mol. The summed E-state index contributed by atoms with van der Waals surface area (Å²) < 4.78 is 0. The Labute approximate surface area is 174 Å². The molecule has 2 fully saturated rings. The highest BCUT2D eigenvalue weighted by Crippen LogP contribution is 2.26. The van der Waals surface area contributed by atoms with Crippen molar-refractivity contribution in [3.8, 4) is 0 Å².